The van der Waals surface area contributed by atoms with Crippen molar-refractivity contribution in [2.75, 3.05) is 12.3 Å². The molecule has 2 rings (SSSR count). The zero-order valence-corrected chi connectivity index (χ0v) is 13.7. The lowest BCUT2D eigenvalue weighted by Crippen LogP contribution is -2.51. The van der Waals surface area contributed by atoms with Gasteiger partial charge in [-0.3, -0.25) is 19.5 Å². The first-order valence-electron chi connectivity index (χ1n) is 6.54. The summed E-state index contributed by atoms with van der Waals surface area (Å²) in [5.74, 6) is -2.68. The van der Waals surface area contributed by atoms with Crippen LogP contribution in [0.25, 0.3) is 0 Å². The Labute approximate surface area is 137 Å². The summed E-state index contributed by atoms with van der Waals surface area (Å²) in [5.41, 5.74) is 4.80. The molecule has 0 spiro atoms. The molecule has 2 fully saturated rings. The number of fused-ring (bicyclic) bond motifs is 2. The predicted molar refractivity (Wildman–Crippen MR) is 77.2 cm³/mol. The summed E-state index contributed by atoms with van der Waals surface area (Å²) in [7, 11) is -9.07. The van der Waals surface area contributed by atoms with Crippen molar-refractivity contribution in [1.82, 2.24) is 14.7 Å². The van der Waals surface area contributed by atoms with Crippen molar-refractivity contribution in [2.24, 2.45) is 5.73 Å². The van der Waals surface area contributed by atoms with Crippen molar-refractivity contribution in [1.29, 1.82) is 5.41 Å². The monoisotopic (exact) mass is 385 g/mol. The number of carbonyl (C=O) groups excluding carboxylic acids is 2. The highest BCUT2D eigenvalue weighted by Gasteiger charge is 2.48. The number of amidine groups is 1. The Balaban J connectivity index is 2.11. The summed E-state index contributed by atoms with van der Waals surface area (Å²) in [6.07, 6.45) is 0.363. The van der Waals surface area contributed by atoms with Gasteiger partial charge < -0.3 is 10.6 Å². The Morgan fingerprint density at radius 1 is 1.38 bits per heavy atom. The standard InChI is InChI=1S/C9H15N5O8S2/c10-7(15)4-23(17,18)12-8(11)6-2-1-5-3-13(6)9(16)14(5)22-24(19,20)21/h5-6H,1-4H2,(H2,10,15)(H2,11,12)(H,19,20,21)/t5-,6+/m1/s1. The Morgan fingerprint density at radius 2 is 2.00 bits per heavy atom. The molecular weight excluding hydrogens is 370 g/mol. The second-order valence-corrected chi connectivity index (χ2v) is 7.98. The fourth-order valence-corrected chi connectivity index (χ4v) is 3.90. The third kappa shape index (κ3) is 4.11. The normalized spacial score (nSPS) is 24.1. The molecule has 136 valence electrons. The first kappa shape index (κ1) is 18.4. The number of primary amides is 1. The van der Waals surface area contributed by atoms with Crippen molar-refractivity contribution in [3.63, 3.8) is 0 Å². The molecule has 13 nitrogen and oxygen atoms in total. The maximum Gasteiger partial charge on any atom is 0.418 e. The van der Waals surface area contributed by atoms with Crippen LogP contribution in [0.1, 0.15) is 12.8 Å². The maximum atomic E-state index is 12.1. The van der Waals surface area contributed by atoms with Gasteiger partial charge in [0, 0.05) is 6.54 Å². The average Bonchev–Trinajstić information content (AvgIpc) is 2.60. The zero-order chi connectivity index (χ0) is 18.3. The van der Waals surface area contributed by atoms with E-state index in [1.165, 1.54) is 0 Å². The third-order valence-electron chi connectivity index (χ3n) is 3.43. The van der Waals surface area contributed by atoms with Gasteiger partial charge in [-0.05, 0) is 12.8 Å². The number of nitrogens with one attached hydrogen (secondary N) is 2. The van der Waals surface area contributed by atoms with Crippen LogP contribution >= 0.6 is 0 Å². The van der Waals surface area contributed by atoms with Crippen molar-refractivity contribution in [3.05, 3.63) is 0 Å². The van der Waals surface area contributed by atoms with Gasteiger partial charge in [0.1, 0.15) is 11.6 Å². The minimum Gasteiger partial charge on any atom is -0.369 e. The summed E-state index contributed by atoms with van der Waals surface area (Å²) < 4.78 is 59.6. The second-order valence-electron chi connectivity index (χ2n) is 5.25. The molecule has 0 unspecified atom stereocenters. The van der Waals surface area contributed by atoms with E-state index in [0.29, 0.717) is 5.06 Å². The van der Waals surface area contributed by atoms with E-state index in [2.05, 4.69) is 4.28 Å². The van der Waals surface area contributed by atoms with E-state index in [0.717, 1.165) is 4.90 Å². The number of hydrogen-bond donors (Lipinski definition) is 4. The number of hydrogen-bond acceptors (Lipinski definition) is 8. The highest BCUT2D eigenvalue weighted by molar-refractivity contribution is 7.90. The Bertz CT molecular complexity index is 778. The predicted octanol–water partition coefficient (Wildman–Crippen LogP) is -2.63. The largest absolute Gasteiger partial charge is 0.418 e. The van der Waals surface area contributed by atoms with Crippen LogP contribution < -0.4 is 10.5 Å². The van der Waals surface area contributed by atoms with E-state index in [1.54, 1.807) is 0 Å². The molecule has 0 radical (unpaired) electrons. The lowest BCUT2D eigenvalue weighted by molar-refractivity contribution is -0.115. The van der Waals surface area contributed by atoms with Crippen LogP contribution in [0.5, 0.6) is 0 Å². The van der Waals surface area contributed by atoms with Gasteiger partial charge in [0.25, 0.3) is 0 Å². The molecule has 5 N–H and O–H groups in total. The van der Waals surface area contributed by atoms with Crippen molar-refractivity contribution in [2.45, 2.75) is 24.9 Å². The number of nitrogens with two attached hydrogens (primary N) is 1. The minimum absolute atomic E-state index is 0.0149. The SMILES string of the molecule is N=C(NS(=O)(=O)CC(N)=O)[C@@H]1CC[C@@H]2CN1C(=O)N2OS(=O)(=O)O. The van der Waals surface area contributed by atoms with E-state index in [-0.39, 0.29) is 19.4 Å². The van der Waals surface area contributed by atoms with E-state index in [9.17, 15) is 26.4 Å². The molecule has 24 heavy (non-hydrogen) atoms. The van der Waals surface area contributed by atoms with Crippen LogP contribution in [0, 0.1) is 5.41 Å². The fourth-order valence-electron chi connectivity index (χ4n) is 2.59. The molecule has 2 aliphatic heterocycles. The van der Waals surface area contributed by atoms with Gasteiger partial charge in [0.05, 0.1) is 12.1 Å². The van der Waals surface area contributed by atoms with E-state index >= 15 is 0 Å². The van der Waals surface area contributed by atoms with E-state index in [1.807, 2.05) is 4.72 Å². The van der Waals surface area contributed by atoms with Crippen molar-refractivity contribution >= 4 is 38.2 Å². The molecule has 3 amide bonds. The number of hydroxylamine groups is 2. The van der Waals surface area contributed by atoms with E-state index < -0.39 is 56.0 Å². The van der Waals surface area contributed by atoms with Gasteiger partial charge in [0.2, 0.25) is 15.9 Å². The van der Waals surface area contributed by atoms with Crippen molar-refractivity contribution < 1.29 is 35.3 Å². The number of nitrogens with zero attached hydrogens (tertiary/aromatic N) is 2. The zero-order valence-electron chi connectivity index (χ0n) is 12.1. The van der Waals surface area contributed by atoms with Gasteiger partial charge in [-0.2, -0.15) is 13.5 Å². The molecule has 0 saturated carbocycles. The molecule has 0 aromatic carbocycles. The van der Waals surface area contributed by atoms with Crippen LogP contribution in [-0.2, 0) is 29.5 Å². The number of sulfonamides is 1. The lowest BCUT2D eigenvalue weighted by atomic mass is 10.0. The smallest absolute Gasteiger partial charge is 0.369 e. The number of rotatable bonds is 6. The van der Waals surface area contributed by atoms with Crippen LogP contribution in [-0.4, -0.2) is 73.5 Å². The summed E-state index contributed by atoms with van der Waals surface area (Å²) in [6.45, 7) is -0.0149. The quantitative estimate of drug-likeness (QED) is 0.216. The molecule has 0 aromatic rings. The molecule has 0 aliphatic carbocycles. The highest BCUT2D eigenvalue weighted by atomic mass is 32.3. The van der Waals surface area contributed by atoms with Gasteiger partial charge in [-0.15, -0.1) is 4.28 Å². The molecule has 2 atom stereocenters. The summed E-state index contributed by atoms with van der Waals surface area (Å²) in [5, 5.41) is 8.28. The average molecular weight is 385 g/mol. The second kappa shape index (κ2) is 6.15. The van der Waals surface area contributed by atoms with Crippen LogP contribution in [0.4, 0.5) is 4.79 Å². The molecule has 2 aliphatic rings. The number of piperidine rings is 1. The Kier molecular flexibility index (Phi) is 4.71. The fraction of sp³-hybridized carbons (Fsp3) is 0.667. The van der Waals surface area contributed by atoms with Gasteiger partial charge in [-0.1, -0.05) is 0 Å². The first-order chi connectivity index (χ1) is 10.9. The topological polar surface area (TPSA) is 200 Å². The number of amides is 3. The third-order valence-corrected chi connectivity index (χ3v) is 4.97. The summed E-state index contributed by atoms with van der Waals surface area (Å²) in [6, 6.07) is -2.57. The maximum absolute atomic E-state index is 12.1. The van der Waals surface area contributed by atoms with Crippen LogP contribution in [0.3, 0.4) is 0 Å². The summed E-state index contributed by atoms with van der Waals surface area (Å²) >= 11 is 0. The minimum atomic E-state index is -4.90. The Hall–Kier alpha value is -1.97. The molecule has 2 saturated heterocycles. The van der Waals surface area contributed by atoms with Gasteiger partial charge in [-0.25, -0.2) is 13.2 Å². The first-order valence-corrected chi connectivity index (χ1v) is 9.55. The van der Waals surface area contributed by atoms with Gasteiger partial charge >= 0.3 is 16.4 Å². The van der Waals surface area contributed by atoms with E-state index in [4.69, 9.17) is 15.7 Å². The van der Waals surface area contributed by atoms with Crippen LogP contribution in [0.15, 0.2) is 0 Å². The molecule has 15 heteroatoms. The van der Waals surface area contributed by atoms with Gasteiger partial charge in [0.15, 0.2) is 0 Å². The number of carbonyl (C=O) groups is 2. The Morgan fingerprint density at radius 3 is 2.54 bits per heavy atom. The lowest BCUT2D eigenvalue weighted by Gasteiger charge is -2.30. The van der Waals surface area contributed by atoms with Crippen molar-refractivity contribution in [3.8, 4) is 0 Å². The number of urea groups is 1. The molecule has 2 bridgehead atoms. The summed E-state index contributed by atoms with van der Waals surface area (Å²) in [4.78, 5) is 23.9. The molecular formula is C9H15N5O8S2. The highest BCUT2D eigenvalue weighted by Crippen LogP contribution is 2.30. The van der Waals surface area contributed by atoms with Crippen LogP contribution in [0.2, 0.25) is 0 Å². The molecule has 2 heterocycles. The molecule has 0 aromatic heterocycles.